The van der Waals surface area contributed by atoms with Crippen molar-refractivity contribution in [2.45, 2.75) is 13.0 Å². The second-order valence-corrected chi connectivity index (χ2v) is 4.23. The molecule has 1 amide bonds. The van der Waals surface area contributed by atoms with Crippen molar-refractivity contribution in [3.8, 4) is 0 Å². The standard InChI is InChI=1S/C9H15NO5S2/c1-4(8(12)13)5(2-16)7(11)10-6(3-17)9(14)15/h4-6,16-17H,2-3H2,1H3,(H,10,11)(H,12,13)(H,14,15). The van der Waals surface area contributed by atoms with Gasteiger partial charge >= 0.3 is 11.9 Å². The molecule has 0 bridgehead atoms. The molecule has 0 fully saturated rings. The van der Waals surface area contributed by atoms with Crippen LogP contribution in [0.1, 0.15) is 6.92 Å². The van der Waals surface area contributed by atoms with Gasteiger partial charge in [-0.1, -0.05) is 6.92 Å². The highest BCUT2D eigenvalue weighted by atomic mass is 32.1. The Labute approximate surface area is 110 Å². The molecular weight excluding hydrogens is 266 g/mol. The zero-order chi connectivity index (χ0) is 13.6. The molecule has 3 atom stereocenters. The van der Waals surface area contributed by atoms with Gasteiger partial charge < -0.3 is 15.5 Å². The first-order chi connectivity index (χ1) is 7.84. The molecule has 0 saturated carbocycles. The predicted octanol–water partition coefficient (Wildman–Crippen LogP) is -0.248. The molecule has 8 heteroatoms. The van der Waals surface area contributed by atoms with Gasteiger partial charge in [0.2, 0.25) is 5.91 Å². The van der Waals surface area contributed by atoms with Crippen LogP contribution in [-0.2, 0) is 14.4 Å². The molecule has 17 heavy (non-hydrogen) atoms. The maximum atomic E-state index is 11.7. The molecule has 0 radical (unpaired) electrons. The Morgan fingerprint density at radius 3 is 1.94 bits per heavy atom. The van der Waals surface area contributed by atoms with Gasteiger partial charge in [-0.25, -0.2) is 4.79 Å². The van der Waals surface area contributed by atoms with Crippen molar-refractivity contribution in [1.82, 2.24) is 5.32 Å². The average molecular weight is 281 g/mol. The van der Waals surface area contributed by atoms with E-state index in [1.807, 2.05) is 0 Å². The molecule has 0 aromatic rings. The molecule has 98 valence electrons. The monoisotopic (exact) mass is 281 g/mol. The molecule has 0 heterocycles. The third-order valence-corrected chi connectivity index (χ3v) is 3.08. The molecule has 0 aliphatic carbocycles. The summed E-state index contributed by atoms with van der Waals surface area (Å²) in [4.78, 5) is 33.1. The average Bonchev–Trinajstić information content (AvgIpc) is 2.25. The van der Waals surface area contributed by atoms with E-state index in [2.05, 4.69) is 30.6 Å². The summed E-state index contributed by atoms with van der Waals surface area (Å²) < 4.78 is 0. The minimum Gasteiger partial charge on any atom is -0.481 e. The smallest absolute Gasteiger partial charge is 0.327 e. The van der Waals surface area contributed by atoms with Crippen LogP contribution in [0.5, 0.6) is 0 Å². The zero-order valence-corrected chi connectivity index (χ0v) is 10.9. The SMILES string of the molecule is CC(C(=O)O)C(CS)C(=O)NC(CS)C(=O)O. The highest BCUT2D eigenvalue weighted by Gasteiger charge is 2.31. The van der Waals surface area contributed by atoms with Crippen LogP contribution in [0.25, 0.3) is 0 Å². The summed E-state index contributed by atoms with van der Waals surface area (Å²) in [6.07, 6.45) is 0. The Hall–Kier alpha value is -0.890. The summed E-state index contributed by atoms with van der Waals surface area (Å²) in [5, 5.41) is 19.7. The number of rotatable bonds is 7. The molecule has 0 aromatic carbocycles. The lowest BCUT2D eigenvalue weighted by molar-refractivity contribution is -0.146. The summed E-state index contributed by atoms with van der Waals surface area (Å²) in [6, 6.07) is -1.13. The Morgan fingerprint density at radius 1 is 1.12 bits per heavy atom. The molecule has 0 aliphatic rings. The van der Waals surface area contributed by atoms with E-state index in [9.17, 15) is 14.4 Å². The van der Waals surface area contributed by atoms with Gasteiger partial charge in [0.05, 0.1) is 11.8 Å². The van der Waals surface area contributed by atoms with Crippen LogP contribution in [0, 0.1) is 11.8 Å². The highest BCUT2D eigenvalue weighted by molar-refractivity contribution is 7.80. The van der Waals surface area contributed by atoms with Gasteiger partial charge in [0.25, 0.3) is 0 Å². The summed E-state index contributed by atoms with van der Waals surface area (Å²) in [6.45, 7) is 1.37. The van der Waals surface area contributed by atoms with Crippen molar-refractivity contribution in [3.63, 3.8) is 0 Å². The lowest BCUT2D eigenvalue weighted by atomic mass is 9.95. The molecule has 3 unspecified atom stereocenters. The number of thiol groups is 2. The first kappa shape index (κ1) is 16.1. The second-order valence-electron chi connectivity index (χ2n) is 3.50. The van der Waals surface area contributed by atoms with E-state index < -0.39 is 35.7 Å². The Kier molecular flexibility index (Phi) is 7.05. The lowest BCUT2D eigenvalue weighted by Crippen LogP contribution is -2.47. The summed E-state index contributed by atoms with van der Waals surface area (Å²) in [7, 11) is 0. The number of carboxylic acid groups (broad SMARTS) is 2. The molecule has 0 saturated heterocycles. The molecule has 0 aliphatic heterocycles. The van der Waals surface area contributed by atoms with E-state index in [1.165, 1.54) is 6.92 Å². The van der Waals surface area contributed by atoms with E-state index in [-0.39, 0.29) is 11.5 Å². The Morgan fingerprint density at radius 2 is 1.65 bits per heavy atom. The van der Waals surface area contributed by atoms with E-state index >= 15 is 0 Å². The van der Waals surface area contributed by atoms with Crippen LogP contribution in [0.4, 0.5) is 0 Å². The number of carbonyl (C=O) groups excluding carboxylic acids is 1. The van der Waals surface area contributed by atoms with E-state index in [0.29, 0.717) is 0 Å². The van der Waals surface area contributed by atoms with Crippen LogP contribution in [0.15, 0.2) is 0 Å². The highest BCUT2D eigenvalue weighted by Crippen LogP contribution is 2.14. The summed E-state index contributed by atoms with van der Waals surface area (Å²) in [5.41, 5.74) is 0. The van der Waals surface area contributed by atoms with Crippen molar-refractivity contribution in [2.24, 2.45) is 11.8 Å². The largest absolute Gasteiger partial charge is 0.481 e. The molecule has 6 nitrogen and oxygen atoms in total. The van der Waals surface area contributed by atoms with Gasteiger partial charge in [-0.2, -0.15) is 25.3 Å². The van der Waals surface area contributed by atoms with Crippen LogP contribution in [0.3, 0.4) is 0 Å². The number of carboxylic acids is 2. The summed E-state index contributed by atoms with van der Waals surface area (Å²) >= 11 is 7.69. The Bertz CT molecular complexity index is 310. The van der Waals surface area contributed by atoms with Gasteiger partial charge in [-0.15, -0.1) is 0 Å². The normalized spacial score (nSPS) is 15.7. The van der Waals surface area contributed by atoms with E-state index in [0.717, 1.165) is 0 Å². The molecule has 0 spiro atoms. The van der Waals surface area contributed by atoms with Crippen LogP contribution >= 0.6 is 25.3 Å². The Balaban J connectivity index is 4.65. The van der Waals surface area contributed by atoms with Gasteiger partial charge in [0.15, 0.2) is 0 Å². The van der Waals surface area contributed by atoms with Crippen LogP contribution in [0.2, 0.25) is 0 Å². The number of hydrogen-bond donors (Lipinski definition) is 5. The third-order valence-electron chi connectivity index (χ3n) is 2.32. The van der Waals surface area contributed by atoms with Crippen LogP contribution in [-0.4, -0.2) is 45.6 Å². The van der Waals surface area contributed by atoms with Crippen molar-refractivity contribution >= 4 is 43.1 Å². The third kappa shape index (κ3) is 4.86. The van der Waals surface area contributed by atoms with Crippen molar-refractivity contribution in [1.29, 1.82) is 0 Å². The lowest BCUT2D eigenvalue weighted by Gasteiger charge is -2.20. The first-order valence-electron chi connectivity index (χ1n) is 4.82. The fourth-order valence-corrected chi connectivity index (χ4v) is 1.83. The van der Waals surface area contributed by atoms with Gasteiger partial charge in [0.1, 0.15) is 6.04 Å². The van der Waals surface area contributed by atoms with Crippen LogP contribution < -0.4 is 5.32 Å². The quantitative estimate of drug-likeness (QED) is 0.414. The molecule has 3 N–H and O–H groups in total. The van der Waals surface area contributed by atoms with Gasteiger partial charge in [-0.3, -0.25) is 9.59 Å². The number of aliphatic carboxylic acids is 2. The maximum absolute atomic E-state index is 11.7. The molecule has 0 rings (SSSR count). The maximum Gasteiger partial charge on any atom is 0.327 e. The first-order valence-corrected chi connectivity index (χ1v) is 6.09. The zero-order valence-electron chi connectivity index (χ0n) is 9.16. The van der Waals surface area contributed by atoms with E-state index in [1.54, 1.807) is 0 Å². The fourth-order valence-electron chi connectivity index (χ4n) is 1.10. The summed E-state index contributed by atoms with van der Waals surface area (Å²) in [5.74, 6) is -4.83. The molecule has 0 aromatic heterocycles. The number of amides is 1. The van der Waals surface area contributed by atoms with Crippen molar-refractivity contribution in [3.05, 3.63) is 0 Å². The fraction of sp³-hybridized carbons (Fsp3) is 0.667. The van der Waals surface area contributed by atoms with Gasteiger partial charge in [0, 0.05) is 11.5 Å². The second kappa shape index (κ2) is 7.44. The minimum absolute atomic E-state index is 0.0260. The number of carbonyl (C=O) groups is 3. The minimum atomic E-state index is -1.21. The van der Waals surface area contributed by atoms with Crippen molar-refractivity contribution in [2.75, 3.05) is 11.5 Å². The topological polar surface area (TPSA) is 104 Å². The van der Waals surface area contributed by atoms with Gasteiger partial charge in [-0.05, 0) is 0 Å². The van der Waals surface area contributed by atoms with Crippen molar-refractivity contribution < 1.29 is 24.6 Å². The molecular formula is C9H15NO5S2. The van der Waals surface area contributed by atoms with E-state index in [4.69, 9.17) is 10.2 Å². The number of nitrogens with one attached hydrogen (secondary N) is 1. The predicted molar refractivity (Wildman–Crippen MR) is 67.6 cm³/mol. The number of hydrogen-bond acceptors (Lipinski definition) is 5.